The zero-order chi connectivity index (χ0) is 13.8. The summed E-state index contributed by atoms with van der Waals surface area (Å²) in [5.74, 6) is 0.950. The van der Waals surface area contributed by atoms with E-state index in [0.29, 0.717) is 6.04 Å². The summed E-state index contributed by atoms with van der Waals surface area (Å²) in [6.45, 7) is 1.08. The molecular formula is C18H21NO. The predicted octanol–water partition coefficient (Wildman–Crippen LogP) is 3.51. The van der Waals surface area contributed by atoms with E-state index in [4.69, 9.17) is 4.74 Å². The maximum atomic E-state index is 5.39. The first-order chi connectivity index (χ1) is 9.86. The second-order valence-corrected chi connectivity index (χ2v) is 5.36. The van der Waals surface area contributed by atoms with Gasteiger partial charge in [-0.3, -0.25) is 0 Å². The van der Waals surface area contributed by atoms with Crippen molar-refractivity contribution in [1.82, 2.24) is 5.32 Å². The minimum absolute atomic E-state index is 0.380. The lowest BCUT2D eigenvalue weighted by atomic mass is 9.94. The Morgan fingerprint density at radius 1 is 1.15 bits per heavy atom. The maximum absolute atomic E-state index is 5.39. The van der Waals surface area contributed by atoms with Gasteiger partial charge in [0, 0.05) is 6.04 Å². The van der Waals surface area contributed by atoms with Crippen LogP contribution in [0.3, 0.4) is 0 Å². The molecule has 1 aliphatic heterocycles. The lowest BCUT2D eigenvalue weighted by Crippen LogP contribution is -2.23. The highest BCUT2D eigenvalue weighted by molar-refractivity contribution is 5.39. The summed E-state index contributed by atoms with van der Waals surface area (Å²) in [5, 5.41) is 3.68. The van der Waals surface area contributed by atoms with Gasteiger partial charge in [0.15, 0.2) is 0 Å². The van der Waals surface area contributed by atoms with Gasteiger partial charge >= 0.3 is 0 Å². The molecule has 0 saturated carbocycles. The Morgan fingerprint density at radius 2 is 2.00 bits per heavy atom. The van der Waals surface area contributed by atoms with Crippen molar-refractivity contribution in [2.45, 2.75) is 25.3 Å². The molecule has 0 spiro atoms. The van der Waals surface area contributed by atoms with Crippen LogP contribution in [-0.4, -0.2) is 13.7 Å². The van der Waals surface area contributed by atoms with Crippen LogP contribution >= 0.6 is 0 Å². The van der Waals surface area contributed by atoms with Gasteiger partial charge in [0.2, 0.25) is 0 Å². The van der Waals surface area contributed by atoms with E-state index in [9.17, 15) is 0 Å². The normalized spacial score (nSPS) is 18.1. The third-order valence-electron chi connectivity index (χ3n) is 4.02. The van der Waals surface area contributed by atoms with Gasteiger partial charge in [-0.1, -0.05) is 36.4 Å². The molecule has 0 fully saturated rings. The largest absolute Gasteiger partial charge is 0.497 e. The molecule has 104 valence electrons. The third-order valence-corrected chi connectivity index (χ3v) is 4.02. The van der Waals surface area contributed by atoms with Gasteiger partial charge in [0.1, 0.15) is 5.75 Å². The molecule has 20 heavy (non-hydrogen) atoms. The molecule has 1 N–H and O–H groups in total. The monoisotopic (exact) mass is 267 g/mol. The fraction of sp³-hybridized carbons (Fsp3) is 0.333. The number of benzene rings is 2. The second kappa shape index (κ2) is 6.10. The summed E-state index contributed by atoms with van der Waals surface area (Å²) in [6.07, 6.45) is 3.38. The summed E-state index contributed by atoms with van der Waals surface area (Å²) in [5.41, 5.74) is 4.23. The van der Waals surface area contributed by atoms with E-state index >= 15 is 0 Å². The molecule has 0 amide bonds. The smallest absolute Gasteiger partial charge is 0.119 e. The average molecular weight is 267 g/mol. The van der Waals surface area contributed by atoms with Crippen LogP contribution in [0.4, 0.5) is 0 Å². The number of hydrogen-bond donors (Lipinski definition) is 1. The Morgan fingerprint density at radius 3 is 2.80 bits per heavy atom. The van der Waals surface area contributed by atoms with E-state index in [1.54, 1.807) is 7.11 Å². The summed E-state index contributed by atoms with van der Waals surface area (Å²) in [4.78, 5) is 0. The Balaban J connectivity index is 1.91. The molecule has 2 nitrogen and oxygen atoms in total. The highest BCUT2D eigenvalue weighted by Gasteiger charge is 2.19. The Labute approximate surface area is 120 Å². The highest BCUT2D eigenvalue weighted by Crippen LogP contribution is 2.29. The van der Waals surface area contributed by atoms with Crippen molar-refractivity contribution >= 4 is 0 Å². The van der Waals surface area contributed by atoms with Crippen LogP contribution in [0.2, 0.25) is 0 Å². The van der Waals surface area contributed by atoms with Gasteiger partial charge in [-0.05, 0) is 54.6 Å². The number of methoxy groups -OCH3 is 1. The molecule has 1 aliphatic rings. The SMILES string of the molecule is COc1ccc2c(c1)C(Cc1ccccc1)NCCC2. The van der Waals surface area contributed by atoms with Crippen LogP contribution in [0.15, 0.2) is 48.5 Å². The van der Waals surface area contributed by atoms with Crippen LogP contribution in [0.1, 0.15) is 29.2 Å². The van der Waals surface area contributed by atoms with Crippen LogP contribution in [0, 0.1) is 0 Å². The van der Waals surface area contributed by atoms with Gasteiger partial charge in [0.05, 0.1) is 7.11 Å². The van der Waals surface area contributed by atoms with E-state index < -0.39 is 0 Å². The minimum Gasteiger partial charge on any atom is -0.497 e. The van der Waals surface area contributed by atoms with Crippen molar-refractivity contribution in [2.75, 3.05) is 13.7 Å². The van der Waals surface area contributed by atoms with E-state index in [0.717, 1.165) is 25.1 Å². The number of aryl methyl sites for hydroxylation is 1. The van der Waals surface area contributed by atoms with E-state index in [1.165, 1.54) is 23.1 Å². The molecule has 0 radical (unpaired) electrons. The van der Waals surface area contributed by atoms with E-state index in [2.05, 4.69) is 53.8 Å². The molecule has 1 unspecified atom stereocenters. The molecule has 0 aliphatic carbocycles. The minimum atomic E-state index is 0.380. The summed E-state index contributed by atoms with van der Waals surface area (Å²) in [6, 6.07) is 17.6. The van der Waals surface area contributed by atoms with Crippen LogP contribution in [0.25, 0.3) is 0 Å². The van der Waals surface area contributed by atoms with Crippen molar-refractivity contribution < 1.29 is 4.74 Å². The number of hydrogen-bond acceptors (Lipinski definition) is 2. The van der Waals surface area contributed by atoms with Gasteiger partial charge in [-0.2, -0.15) is 0 Å². The van der Waals surface area contributed by atoms with Crippen molar-refractivity contribution in [2.24, 2.45) is 0 Å². The summed E-state index contributed by atoms with van der Waals surface area (Å²) >= 11 is 0. The third kappa shape index (κ3) is 2.86. The van der Waals surface area contributed by atoms with Gasteiger partial charge in [-0.25, -0.2) is 0 Å². The molecule has 1 heterocycles. The molecule has 0 saturated heterocycles. The standard InChI is InChI=1S/C18H21NO/c1-20-16-10-9-15-8-5-11-19-18(17(15)13-16)12-14-6-3-2-4-7-14/h2-4,6-7,9-10,13,18-19H,5,8,11-12H2,1H3. The Hall–Kier alpha value is -1.80. The van der Waals surface area contributed by atoms with Crippen LogP contribution in [0.5, 0.6) is 5.75 Å². The Kier molecular flexibility index (Phi) is 4.03. The number of fused-ring (bicyclic) bond motifs is 1. The van der Waals surface area contributed by atoms with Crippen LogP contribution in [-0.2, 0) is 12.8 Å². The number of nitrogens with one attached hydrogen (secondary N) is 1. The molecule has 2 aromatic rings. The number of rotatable bonds is 3. The van der Waals surface area contributed by atoms with Crippen molar-refractivity contribution in [1.29, 1.82) is 0 Å². The Bertz CT molecular complexity index is 565. The maximum Gasteiger partial charge on any atom is 0.119 e. The second-order valence-electron chi connectivity index (χ2n) is 5.36. The molecular weight excluding hydrogens is 246 g/mol. The first kappa shape index (κ1) is 13.2. The molecule has 2 aromatic carbocycles. The molecule has 1 atom stereocenters. The fourth-order valence-corrected chi connectivity index (χ4v) is 2.95. The van der Waals surface area contributed by atoms with Crippen molar-refractivity contribution in [3.8, 4) is 5.75 Å². The molecule has 0 bridgehead atoms. The molecule has 0 aromatic heterocycles. The van der Waals surface area contributed by atoms with Crippen LogP contribution < -0.4 is 10.1 Å². The highest BCUT2D eigenvalue weighted by atomic mass is 16.5. The zero-order valence-corrected chi connectivity index (χ0v) is 11.9. The average Bonchev–Trinajstić information content (AvgIpc) is 2.70. The zero-order valence-electron chi connectivity index (χ0n) is 11.9. The first-order valence-electron chi connectivity index (χ1n) is 7.31. The fourth-order valence-electron chi connectivity index (χ4n) is 2.95. The quantitative estimate of drug-likeness (QED) is 0.918. The van der Waals surface area contributed by atoms with Gasteiger partial charge in [-0.15, -0.1) is 0 Å². The summed E-state index contributed by atoms with van der Waals surface area (Å²) < 4.78 is 5.39. The van der Waals surface area contributed by atoms with Gasteiger partial charge in [0.25, 0.3) is 0 Å². The predicted molar refractivity (Wildman–Crippen MR) is 82.2 cm³/mol. The lowest BCUT2D eigenvalue weighted by molar-refractivity contribution is 0.413. The summed E-state index contributed by atoms with van der Waals surface area (Å²) in [7, 11) is 1.73. The van der Waals surface area contributed by atoms with Crippen molar-refractivity contribution in [3.63, 3.8) is 0 Å². The van der Waals surface area contributed by atoms with E-state index in [-0.39, 0.29) is 0 Å². The van der Waals surface area contributed by atoms with E-state index in [1.807, 2.05) is 0 Å². The first-order valence-corrected chi connectivity index (χ1v) is 7.31. The topological polar surface area (TPSA) is 21.3 Å². The lowest BCUT2D eigenvalue weighted by Gasteiger charge is -2.20. The van der Waals surface area contributed by atoms with Gasteiger partial charge < -0.3 is 10.1 Å². The molecule has 3 rings (SSSR count). The van der Waals surface area contributed by atoms with Crippen molar-refractivity contribution in [3.05, 3.63) is 65.2 Å². The number of ether oxygens (including phenoxy) is 1. The molecule has 2 heteroatoms.